The first kappa shape index (κ1) is 13.4. The van der Waals surface area contributed by atoms with Crippen molar-refractivity contribution in [1.29, 1.82) is 0 Å². The van der Waals surface area contributed by atoms with Gasteiger partial charge in [-0.05, 0) is 18.6 Å². The van der Waals surface area contributed by atoms with Crippen LogP contribution < -0.4 is 5.73 Å². The largest absolute Gasteiger partial charge is 0.327 e. The quantitative estimate of drug-likeness (QED) is 0.894. The molecule has 2 N–H and O–H groups in total. The lowest BCUT2D eigenvalue weighted by Crippen LogP contribution is -2.27. The molecule has 1 aromatic rings. The third-order valence-corrected chi connectivity index (χ3v) is 4.54. The Morgan fingerprint density at radius 2 is 2.13 bits per heavy atom. The molecule has 0 aliphatic heterocycles. The van der Waals surface area contributed by atoms with Crippen LogP contribution in [0, 0.1) is 0 Å². The summed E-state index contributed by atoms with van der Waals surface area (Å²) in [5, 5.41) is 0. The lowest BCUT2D eigenvalue weighted by Gasteiger charge is -2.20. The molecule has 4 heteroatoms. The summed E-state index contributed by atoms with van der Waals surface area (Å²) >= 11 is 9.41. The fraction of sp³-hybridized carbons (Fsp3) is 0.636. The Kier molecular flexibility index (Phi) is 4.97. The van der Waals surface area contributed by atoms with Gasteiger partial charge in [0.05, 0.1) is 4.34 Å². The van der Waals surface area contributed by atoms with Crippen molar-refractivity contribution in [2.24, 2.45) is 5.73 Å². The number of hydrogen-bond acceptors (Lipinski definition) is 3. The Labute approximate surface area is 105 Å². The van der Waals surface area contributed by atoms with E-state index in [1.165, 1.54) is 4.88 Å². The zero-order valence-corrected chi connectivity index (χ0v) is 11.8. The molecule has 1 nitrogen and oxygen atoms in total. The molecule has 0 saturated heterocycles. The van der Waals surface area contributed by atoms with Crippen LogP contribution in [0.25, 0.3) is 0 Å². The first-order chi connectivity index (χ1) is 6.87. The zero-order valence-electron chi connectivity index (χ0n) is 9.42. The Balaban J connectivity index is 2.33. The number of nitrogens with two attached hydrogens (primary N) is 1. The van der Waals surface area contributed by atoms with E-state index in [2.05, 4.69) is 26.8 Å². The van der Waals surface area contributed by atoms with Crippen LogP contribution in [0.2, 0.25) is 4.34 Å². The van der Waals surface area contributed by atoms with Crippen LogP contribution in [-0.4, -0.2) is 16.5 Å². The first-order valence-electron chi connectivity index (χ1n) is 5.00. The van der Waals surface area contributed by atoms with Gasteiger partial charge in [-0.2, -0.15) is 11.8 Å². The van der Waals surface area contributed by atoms with Gasteiger partial charge in [0.25, 0.3) is 0 Å². The van der Waals surface area contributed by atoms with Crippen LogP contribution >= 0.6 is 34.7 Å². The lowest BCUT2D eigenvalue weighted by molar-refractivity contribution is 0.740. The minimum atomic E-state index is 0.226. The summed E-state index contributed by atoms with van der Waals surface area (Å²) in [6, 6.07) is 4.23. The molecule has 0 amide bonds. The van der Waals surface area contributed by atoms with Gasteiger partial charge in [0, 0.05) is 21.4 Å². The average molecular weight is 264 g/mol. The maximum absolute atomic E-state index is 6.06. The van der Waals surface area contributed by atoms with Gasteiger partial charge in [0.15, 0.2) is 0 Å². The van der Waals surface area contributed by atoms with E-state index < -0.39 is 0 Å². The van der Waals surface area contributed by atoms with Crippen molar-refractivity contribution < 1.29 is 0 Å². The first-order valence-corrected chi connectivity index (χ1v) is 7.18. The van der Waals surface area contributed by atoms with E-state index in [1.54, 1.807) is 11.3 Å². The highest BCUT2D eigenvalue weighted by molar-refractivity contribution is 8.00. The zero-order chi connectivity index (χ0) is 11.5. The van der Waals surface area contributed by atoms with Crippen molar-refractivity contribution in [3.05, 3.63) is 21.3 Å². The van der Waals surface area contributed by atoms with Gasteiger partial charge in [-0.25, -0.2) is 0 Å². The van der Waals surface area contributed by atoms with E-state index in [0.717, 1.165) is 16.5 Å². The second-order valence-corrected chi connectivity index (χ2v) is 8.24. The molecule has 0 radical (unpaired) electrons. The van der Waals surface area contributed by atoms with Crippen LogP contribution in [0.1, 0.15) is 25.6 Å². The van der Waals surface area contributed by atoms with Crippen molar-refractivity contribution >= 4 is 34.7 Å². The van der Waals surface area contributed by atoms with Crippen molar-refractivity contribution in [3.8, 4) is 0 Å². The summed E-state index contributed by atoms with van der Waals surface area (Å²) in [7, 11) is 0. The summed E-state index contributed by atoms with van der Waals surface area (Å²) in [5.41, 5.74) is 6.06. The molecular weight excluding hydrogens is 246 g/mol. The summed E-state index contributed by atoms with van der Waals surface area (Å²) < 4.78 is 1.14. The molecule has 1 atom stereocenters. The Bertz CT molecular complexity index is 304. The van der Waals surface area contributed by atoms with E-state index in [0.29, 0.717) is 4.75 Å². The molecule has 0 bridgehead atoms. The van der Waals surface area contributed by atoms with Gasteiger partial charge in [0.1, 0.15) is 0 Å². The van der Waals surface area contributed by atoms with Gasteiger partial charge < -0.3 is 5.73 Å². The molecule has 0 aromatic carbocycles. The van der Waals surface area contributed by atoms with Crippen molar-refractivity contribution in [3.63, 3.8) is 0 Å². The summed E-state index contributed by atoms with van der Waals surface area (Å²) in [4.78, 5) is 1.28. The molecule has 0 aliphatic rings. The molecule has 86 valence electrons. The van der Waals surface area contributed by atoms with Gasteiger partial charge in [-0.1, -0.05) is 32.4 Å². The highest BCUT2D eigenvalue weighted by Gasteiger charge is 2.14. The van der Waals surface area contributed by atoms with Crippen LogP contribution in [0.15, 0.2) is 12.1 Å². The maximum atomic E-state index is 6.06. The van der Waals surface area contributed by atoms with Gasteiger partial charge >= 0.3 is 0 Å². The highest BCUT2D eigenvalue weighted by Crippen LogP contribution is 2.26. The molecule has 1 aromatic heterocycles. The molecule has 0 spiro atoms. The molecule has 0 saturated carbocycles. The third kappa shape index (κ3) is 5.81. The summed E-state index contributed by atoms with van der Waals surface area (Å²) in [6.45, 7) is 6.64. The molecule has 1 rings (SSSR count). The van der Waals surface area contributed by atoms with E-state index in [1.807, 2.05) is 17.8 Å². The fourth-order valence-corrected chi connectivity index (χ4v) is 3.15. The lowest BCUT2D eigenvalue weighted by atomic mass is 10.2. The SMILES string of the molecule is CC(C)(C)SCC(N)Cc1ccc(Cl)s1. The van der Waals surface area contributed by atoms with E-state index in [-0.39, 0.29) is 6.04 Å². The Morgan fingerprint density at radius 1 is 1.47 bits per heavy atom. The van der Waals surface area contributed by atoms with Gasteiger partial charge in [0.2, 0.25) is 0 Å². The van der Waals surface area contributed by atoms with Crippen molar-refractivity contribution in [1.82, 2.24) is 0 Å². The third-order valence-electron chi connectivity index (χ3n) is 1.82. The molecule has 0 aliphatic carbocycles. The number of rotatable bonds is 4. The second-order valence-electron chi connectivity index (χ2n) is 4.59. The number of halogens is 1. The molecule has 0 fully saturated rings. The topological polar surface area (TPSA) is 26.0 Å². The summed E-state index contributed by atoms with van der Waals surface area (Å²) in [5.74, 6) is 0.999. The van der Waals surface area contributed by atoms with Crippen LogP contribution in [0.3, 0.4) is 0 Å². The maximum Gasteiger partial charge on any atom is 0.0931 e. The minimum absolute atomic E-state index is 0.226. The Hall–Kier alpha value is 0.300. The molecular formula is C11H18ClNS2. The normalized spacial score (nSPS) is 14.2. The van der Waals surface area contributed by atoms with E-state index in [9.17, 15) is 0 Å². The molecule has 1 unspecified atom stereocenters. The number of thiophene rings is 1. The van der Waals surface area contributed by atoms with Crippen LogP contribution in [0.4, 0.5) is 0 Å². The monoisotopic (exact) mass is 263 g/mol. The highest BCUT2D eigenvalue weighted by atomic mass is 35.5. The number of thioether (sulfide) groups is 1. The van der Waals surface area contributed by atoms with Crippen molar-refractivity contribution in [2.45, 2.75) is 38.0 Å². The molecule has 15 heavy (non-hydrogen) atoms. The molecule has 1 heterocycles. The smallest absolute Gasteiger partial charge is 0.0931 e. The van der Waals surface area contributed by atoms with E-state index >= 15 is 0 Å². The average Bonchev–Trinajstić information content (AvgIpc) is 2.47. The standard InChI is InChI=1S/C11H18ClNS2/c1-11(2,3)14-7-8(13)6-9-4-5-10(12)15-9/h4-5,8H,6-7,13H2,1-3H3. The van der Waals surface area contributed by atoms with Crippen LogP contribution in [-0.2, 0) is 6.42 Å². The van der Waals surface area contributed by atoms with Gasteiger partial charge in [-0.3, -0.25) is 0 Å². The predicted molar refractivity (Wildman–Crippen MR) is 73.2 cm³/mol. The van der Waals surface area contributed by atoms with Crippen molar-refractivity contribution in [2.75, 3.05) is 5.75 Å². The number of hydrogen-bond donors (Lipinski definition) is 1. The predicted octanol–water partition coefficient (Wildman–Crippen LogP) is 3.80. The van der Waals surface area contributed by atoms with Gasteiger partial charge in [-0.15, -0.1) is 11.3 Å². The second kappa shape index (κ2) is 5.58. The summed E-state index contributed by atoms with van der Waals surface area (Å²) in [6.07, 6.45) is 0.931. The Morgan fingerprint density at radius 3 is 2.60 bits per heavy atom. The minimum Gasteiger partial charge on any atom is -0.327 e. The van der Waals surface area contributed by atoms with Crippen LogP contribution in [0.5, 0.6) is 0 Å². The van der Waals surface area contributed by atoms with E-state index in [4.69, 9.17) is 17.3 Å². The fourth-order valence-electron chi connectivity index (χ4n) is 1.14.